The molecule has 2 fully saturated rings. The summed E-state index contributed by atoms with van der Waals surface area (Å²) < 4.78 is 5.36. The summed E-state index contributed by atoms with van der Waals surface area (Å²) in [5.41, 5.74) is 1.87. The topological polar surface area (TPSA) is 54.5 Å². The third kappa shape index (κ3) is 2.71. The fourth-order valence-electron chi connectivity index (χ4n) is 2.45. The van der Waals surface area contributed by atoms with E-state index < -0.39 is 0 Å². The summed E-state index contributed by atoms with van der Waals surface area (Å²) in [7, 11) is 0. The molecule has 1 aromatic rings. The average Bonchev–Trinajstić information content (AvgIpc) is 2.38. The van der Waals surface area contributed by atoms with Crippen molar-refractivity contribution in [2.75, 3.05) is 36.5 Å². The summed E-state index contributed by atoms with van der Waals surface area (Å²) in [6.45, 7) is 3.14. The van der Waals surface area contributed by atoms with Crippen LogP contribution in [0.4, 0.5) is 11.4 Å². The Balaban J connectivity index is 1.74. The largest absolute Gasteiger partial charge is 0.378 e. The van der Waals surface area contributed by atoms with Crippen molar-refractivity contribution in [2.24, 2.45) is 5.92 Å². The third-order valence-electron chi connectivity index (χ3n) is 3.89. The molecule has 2 heterocycles. The molecule has 0 unspecified atom stereocenters. The van der Waals surface area contributed by atoms with E-state index in [9.17, 15) is 4.79 Å². The van der Waals surface area contributed by atoms with Crippen molar-refractivity contribution >= 4 is 17.3 Å². The number of rotatable bonds is 3. The van der Waals surface area contributed by atoms with Gasteiger partial charge in [-0.15, -0.1) is 0 Å². The van der Waals surface area contributed by atoms with Crippen molar-refractivity contribution in [3.8, 4) is 0 Å². The molecule has 3 rings (SSSR count). The number of aromatic nitrogens is 1. The van der Waals surface area contributed by atoms with E-state index in [1.165, 1.54) is 6.42 Å². The molecule has 1 saturated heterocycles. The van der Waals surface area contributed by atoms with Crippen molar-refractivity contribution in [1.82, 2.24) is 4.98 Å². The lowest BCUT2D eigenvalue weighted by Crippen LogP contribution is -2.37. The molecule has 0 radical (unpaired) electrons. The lowest BCUT2D eigenvalue weighted by atomic mass is 9.85. The summed E-state index contributed by atoms with van der Waals surface area (Å²) in [6.07, 6.45) is 6.75. The van der Waals surface area contributed by atoms with Crippen LogP contribution in [0.5, 0.6) is 0 Å². The highest BCUT2D eigenvalue weighted by molar-refractivity contribution is 5.96. The Bertz CT molecular complexity index is 454. The highest BCUT2D eigenvalue weighted by Crippen LogP contribution is 2.30. The molecule has 5 heteroatoms. The van der Waals surface area contributed by atoms with Gasteiger partial charge in [-0.25, -0.2) is 0 Å². The Morgan fingerprint density at radius 3 is 2.84 bits per heavy atom. The van der Waals surface area contributed by atoms with Crippen LogP contribution in [0, 0.1) is 5.92 Å². The zero-order valence-corrected chi connectivity index (χ0v) is 11.0. The van der Waals surface area contributed by atoms with Crippen LogP contribution in [-0.2, 0) is 9.53 Å². The van der Waals surface area contributed by atoms with Crippen LogP contribution in [0.15, 0.2) is 18.5 Å². The number of carbonyl (C=O) groups excluding carboxylic acids is 1. The zero-order valence-electron chi connectivity index (χ0n) is 11.0. The fraction of sp³-hybridized carbons (Fsp3) is 0.571. The van der Waals surface area contributed by atoms with Crippen molar-refractivity contribution < 1.29 is 9.53 Å². The summed E-state index contributed by atoms with van der Waals surface area (Å²) in [4.78, 5) is 18.4. The van der Waals surface area contributed by atoms with Gasteiger partial charge >= 0.3 is 0 Å². The van der Waals surface area contributed by atoms with Gasteiger partial charge in [-0.1, -0.05) is 6.42 Å². The highest BCUT2D eigenvalue weighted by atomic mass is 16.5. The van der Waals surface area contributed by atoms with Crippen LogP contribution >= 0.6 is 0 Å². The molecule has 0 bridgehead atoms. The van der Waals surface area contributed by atoms with E-state index in [4.69, 9.17) is 4.74 Å². The SMILES string of the molecule is O=C(Nc1ccncc1N1CCOCC1)C1CCC1. The van der Waals surface area contributed by atoms with E-state index in [1.807, 2.05) is 12.3 Å². The van der Waals surface area contributed by atoms with E-state index in [2.05, 4.69) is 15.2 Å². The van der Waals surface area contributed by atoms with Gasteiger partial charge in [0.1, 0.15) is 0 Å². The van der Waals surface area contributed by atoms with E-state index in [-0.39, 0.29) is 11.8 Å². The van der Waals surface area contributed by atoms with Gasteiger partial charge in [-0.3, -0.25) is 9.78 Å². The summed E-state index contributed by atoms with van der Waals surface area (Å²) in [6, 6.07) is 1.88. The van der Waals surface area contributed by atoms with Gasteiger partial charge in [0, 0.05) is 25.2 Å². The van der Waals surface area contributed by atoms with Crippen molar-refractivity contribution in [3.63, 3.8) is 0 Å². The number of nitrogens with zero attached hydrogens (tertiary/aromatic N) is 2. The van der Waals surface area contributed by atoms with Crippen LogP contribution in [0.25, 0.3) is 0 Å². The lowest BCUT2D eigenvalue weighted by molar-refractivity contribution is -0.122. The lowest BCUT2D eigenvalue weighted by Gasteiger charge is -2.31. The number of hydrogen-bond donors (Lipinski definition) is 1. The van der Waals surface area contributed by atoms with Gasteiger partial charge in [-0.2, -0.15) is 0 Å². The predicted molar refractivity (Wildman–Crippen MR) is 73.2 cm³/mol. The van der Waals surface area contributed by atoms with Crippen LogP contribution in [-0.4, -0.2) is 37.2 Å². The molecule has 0 atom stereocenters. The van der Waals surface area contributed by atoms with Gasteiger partial charge in [0.05, 0.1) is 30.8 Å². The first-order valence-electron chi connectivity index (χ1n) is 6.92. The number of ether oxygens (including phenoxy) is 1. The number of carbonyl (C=O) groups is 1. The Hall–Kier alpha value is -1.62. The van der Waals surface area contributed by atoms with E-state index in [1.54, 1.807) is 6.20 Å². The maximum atomic E-state index is 12.1. The number of hydrogen-bond acceptors (Lipinski definition) is 4. The molecule has 1 amide bonds. The molecular formula is C14H19N3O2. The summed E-state index contributed by atoms with van der Waals surface area (Å²) in [5.74, 6) is 0.345. The molecule has 1 aliphatic heterocycles. The van der Waals surface area contributed by atoms with Gasteiger partial charge in [0.2, 0.25) is 5.91 Å². The van der Waals surface area contributed by atoms with Gasteiger partial charge in [-0.05, 0) is 18.9 Å². The Labute approximate surface area is 113 Å². The molecule has 1 N–H and O–H groups in total. The first-order valence-corrected chi connectivity index (χ1v) is 6.92. The molecule has 19 heavy (non-hydrogen) atoms. The van der Waals surface area contributed by atoms with Crippen molar-refractivity contribution in [2.45, 2.75) is 19.3 Å². The van der Waals surface area contributed by atoms with Crippen LogP contribution < -0.4 is 10.2 Å². The monoisotopic (exact) mass is 261 g/mol. The van der Waals surface area contributed by atoms with Gasteiger partial charge in [0.15, 0.2) is 0 Å². The standard InChI is InChI=1S/C14H19N3O2/c18-14(11-2-1-3-11)16-12-4-5-15-10-13(12)17-6-8-19-9-7-17/h4-5,10-11H,1-3,6-9H2,(H,15,16,18). The molecule has 1 aromatic heterocycles. The predicted octanol–water partition coefficient (Wildman–Crippen LogP) is 1.66. The minimum atomic E-state index is 0.145. The van der Waals surface area contributed by atoms with E-state index in [0.717, 1.165) is 50.5 Å². The number of morpholine rings is 1. The molecule has 2 aliphatic rings. The minimum absolute atomic E-state index is 0.145. The number of pyridine rings is 1. The third-order valence-corrected chi connectivity index (χ3v) is 3.89. The normalized spacial score (nSPS) is 19.9. The summed E-state index contributed by atoms with van der Waals surface area (Å²) >= 11 is 0. The summed E-state index contributed by atoms with van der Waals surface area (Å²) in [5, 5.41) is 3.05. The van der Waals surface area contributed by atoms with Crippen LogP contribution in [0.1, 0.15) is 19.3 Å². The average molecular weight is 261 g/mol. The molecule has 0 spiro atoms. The highest BCUT2D eigenvalue weighted by Gasteiger charge is 2.26. The molecular weight excluding hydrogens is 242 g/mol. The quantitative estimate of drug-likeness (QED) is 0.899. The van der Waals surface area contributed by atoms with Gasteiger partial charge < -0.3 is 15.0 Å². The van der Waals surface area contributed by atoms with E-state index in [0.29, 0.717) is 0 Å². The minimum Gasteiger partial charge on any atom is -0.378 e. The number of anilines is 2. The Morgan fingerprint density at radius 1 is 1.37 bits per heavy atom. The molecule has 1 aliphatic carbocycles. The maximum Gasteiger partial charge on any atom is 0.227 e. The smallest absolute Gasteiger partial charge is 0.227 e. The van der Waals surface area contributed by atoms with Crippen molar-refractivity contribution in [3.05, 3.63) is 18.5 Å². The number of amides is 1. The number of nitrogens with one attached hydrogen (secondary N) is 1. The zero-order chi connectivity index (χ0) is 13.1. The fourth-order valence-corrected chi connectivity index (χ4v) is 2.45. The van der Waals surface area contributed by atoms with E-state index >= 15 is 0 Å². The van der Waals surface area contributed by atoms with Crippen molar-refractivity contribution in [1.29, 1.82) is 0 Å². The Morgan fingerprint density at radius 2 is 2.16 bits per heavy atom. The second-order valence-corrected chi connectivity index (χ2v) is 5.11. The second-order valence-electron chi connectivity index (χ2n) is 5.11. The molecule has 1 saturated carbocycles. The van der Waals surface area contributed by atoms with Crippen LogP contribution in [0.2, 0.25) is 0 Å². The maximum absolute atomic E-state index is 12.1. The molecule has 102 valence electrons. The molecule has 0 aromatic carbocycles. The van der Waals surface area contributed by atoms with Crippen LogP contribution in [0.3, 0.4) is 0 Å². The first-order chi connectivity index (χ1) is 9.34. The first kappa shape index (κ1) is 12.4. The molecule has 5 nitrogen and oxygen atoms in total. The Kier molecular flexibility index (Phi) is 3.64. The van der Waals surface area contributed by atoms with Gasteiger partial charge in [0.25, 0.3) is 0 Å². The second kappa shape index (κ2) is 5.57.